The highest BCUT2D eigenvalue weighted by Crippen LogP contribution is 2.35. The van der Waals surface area contributed by atoms with Crippen LogP contribution < -0.4 is 0 Å². The van der Waals surface area contributed by atoms with Crippen molar-refractivity contribution in [1.82, 2.24) is 14.5 Å². The lowest BCUT2D eigenvalue weighted by atomic mass is 9.93. The van der Waals surface area contributed by atoms with Crippen molar-refractivity contribution < 1.29 is 4.79 Å². The number of allylic oxidation sites excluding steroid dienone is 2. The molecule has 2 aromatic rings. The highest BCUT2D eigenvalue weighted by Gasteiger charge is 2.36. The molecule has 1 aliphatic carbocycles. The van der Waals surface area contributed by atoms with Gasteiger partial charge >= 0.3 is 0 Å². The van der Waals surface area contributed by atoms with E-state index in [0.717, 1.165) is 56.5 Å². The summed E-state index contributed by atoms with van der Waals surface area (Å²) < 4.78 is 2.28. The summed E-state index contributed by atoms with van der Waals surface area (Å²) >= 11 is 0. The summed E-state index contributed by atoms with van der Waals surface area (Å²) in [5.41, 5.74) is 2.21. The third-order valence-corrected chi connectivity index (χ3v) is 5.45. The van der Waals surface area contributed by atoms with Gasteiger partial charge in [-0.2, -0.15) is 0 Å². The minimum absolute atomic E-state index is 0.135. The van der Waals surface area contributed by atoms with E-state index in [1.165, 1.54) is 5.52 Å². The molecular weight excluding hydrogens is 298 g/mol. The van der Waals surface area contributed by atoms with Gasteiger partial charge in [-0.15, -0.1) is 0 Å². The number of rotatable bonds is 3. The van der Waals surface area contributed by atoms with Crippen LogP contribution in [0.1, 0.15) is 50.9 Å². The molecule has 2 heterocycles. The molecule has 0 saturated carbocycles. The summed E-state index contributed by atoms with van der Waals surface area (Å²) in [7, 11) is 0. The highest BCUT2D eigenvalue weighted by atomic mass is 16.2. The number of amides is 1. The van der Waals surface area contributed by atoms with Crippen molar-refractivity contribution in [3.63, 3.8) is 0 Å². The first-order valence-corrected chi connectivity index (χ1v) is 9.20. The van der Waals surface area contributed by atoms with Gasteiger partial charge in [-0.25, -0.2) is 4.98 Å². The van der Waals surface area contributed by atoms with Crippen molar-refractivity contribution in [3.05, 3.63) is 42.2 Å². The minimum Gasteiger partial charge on any atom is -0.332 e. The second-order valence-corrected chi connectivity index (χ2v) is 6.87. The van der Waals surface area contributed by atoms with E-state index in [1.807, 2.05) is 6.07 Å². The quantitative estimate of drug-likeness (QED) is 0.798. The highest BCUT2D eigenvalue weighted by molar-refractivity contribution is 5.80. The van der Waals surface area contributed by atoms with E-state index in [1.54, 1.807) is 0 Å². The fraction of sp³-hybridized carbons (Fsp3) is 0.500. The molecular formula is C20H25N3O. The number of fused-ring (bicyclic) bond motifs is 1. The summed E-state index contributed by atoms with van der Waals surface area (Å²) in [6.07, 6.45) is 9.38. The third-order valence-electron chi connectivity index (χ3n) is 5.45. The molecule has 4 heteroatoms. The SMILES string of the molecule is CCn1c([C@H]2CCCN2C(=O)[C@H]2CC=CCC2)nc2ccccc21. The van der Waals surface area contributed by atoms with Crippen molar-refractivity contribution in [2.24, 2.45) is 5.92 Å². The number of imidazole rings is 1. The van der Waals surface area contributed by atoms with Gasteiger partial charge in [-0.3, -0.25) is 4.79 Å². The van der Waals surface area contributed by atoms with Crippen LogP contribution in [0.3, 0.4) is 0 Å². The average Bonchev–Trinajstić information content (AvgIpc) is 3.25. The van der Waals surface area contributed by atoms with Gasteiger partial charge in [-0.1, -0.05) is 24.3 Å². The molecule has 1 fully saturated rings. The molecule has 126 valence electrons. The Hall–Kier alpha value is -2.10. The molecule has 1 aliphatic heterocycles. The molecule has 0 spiro atoms. The standard InChI is InChI=1S/C20H25N3O/c1-2-22-17-12-7-6-11-16(17)21-19(22)18-13-8-14-23(18)20(24)15-9-4-3-5-10-15/h3-4,6-7,11-12,15,18H,2,5,8-10,13-14H2,1H3/t15-,18+/m0/s1. The van der Waals surface area contributed by atoms with E-state index in [-0.39, 0.29) is 12.0 Å². The summed E-state index contributed by atoms with van der Waals surface area (Å²) in [6, 6.07) is 8.42. The van der Waals surface area contributed by atoms with Gasteiger partial charge in [0.1, 0.15) is 5.82 Å². The first-order valence-electron chi connectivity index (χ1n) is 9.20. The Morgan fingerprint density at radius 1 is 1.25 bits per heavy atom. The van der Waals surface area contributed by atoms with Crippen LogP contribution in [0.4, 0.5) is 0 Å². The van der Waals surface area contributed by atoms with Gasteiger partial charge in [0.05, 0.1) is 17.1 Å². The fourth-order valence-electron chi connectivity index (χ4n) is 4.23. The summed E-state index contributed by atoms with van der Waals surface area (Å²) in [5.74, 6) is 1.56. The van der Waals surface area contributed by atoms with Gasteiger partial charge in [-0.05, 0) is 51.2 Å². The van der Waals surface area contributed by atoms with Gasteiger partial charge < -0.3 is 9.47 Å². The molecule has 4 rings (SSSR count). The molecule has 2 aliphatic rings. The second-order valence-electron chi connectivity index (χ2n) is 6.87. The number of hydrogen-bond donors (Lipinski definition) is 0. The van der Waals surface area contributed by atoms with Crippen LogP contribution in [0.5, 0.6) is 0 Å². The van der Waals surface area contributed by atoms with Crippen molar-refractivity contribution in [2.45, 2.75) is 51.6 Å². The molecule has 4 nitrogen and oxygen atoms in total. The third kappa shape index (κ3) is 2.54. The van der Waals surface area contributed by atoms with E-state index in [0.29, 0.717) is 5.91 Å². The Morgan fingerprint density at radius 2 is 2.12 bits per heavy atom. The van der Waals surface area contributed by atoms with E-state index in [9.17, 15) is 4.79 Å². The minimum atomic E-state index is 0.135. The fourth-order valence-corrected chi connectivity index (χ4v) is 4.23. The molecule has 1 aromatic carbocycles. The lowest BCUT2D eigenvalue weighted by Crippen LogP contribution is -2.37. The Bertz CT molecular complexity index is 776. The number of benzene rings is 1. The van der Waals surface area contributed by atoms with Crippen molar-refractivity contribution >= 4 is 16.9 Å². The molecule has 1 saturated heterocycles. The lowest BCUT2D eigenvalue weighted by molar-refractivity contribution is -0.136. The normalized spacial score (nSPS) is 24.0. The molecule has 0 unspecified atom stereocenters. The van der Waals surface area contributed by atoms with Gasteiger partial charge in [0.25, 0.3) is 0 Å². The number of carbonyl (C=O) groups is 1. The Labute approximate surface area is 143 Å². The van der Waals surface area contributed by atoms with Crippen molar-refractivity contribution in [1.29, 1.82) is 0 Å². The largest absolute Gasteiger partial charge is 0.332 e. The maximum absolute atomic E-state index is 13.1. The molecule has 2 atom stereocenters. The van der Waals surface area contributed by atoms with Gasteiger partial charge in [0.2, 0.25) is 5.91 Å². The molecule has 24 heavy (non-hydrogen) atoms. The Kier molecular flexibility index (Phi) is 4.13. The predicted molar refractivity (Wildman–Crippen MR) is 95.6 cm³/mol. The molecule has 1 aromatic heterocycles. The van der Waals surface area contributed by atoms with Gasteiger partial charge in [0, 0.05) is 19.0 Å². The smallest absolute Gasteiger partial charge is 0.226 e. The van der Waals surface area contributed by atoms with Crippen LogP contribution in [-0.4, -0.2) is 26.9 Å². The second kappa shape index (κ2) is 6.42. The topological polar surface area (TPSA) is 38.1 Å². The van der Waals surface area contributed by atoms with Crippen LogP contribution in [0.25, 0.3) is 11.0 Å². The van der Waals surface area contributed by atoms with Crippen LogP contribution in [0, 0.1) is 5.92 Å². The van der Waals surface area contributed by atoms with E-state index in [2.05, 4.69) is 46.7 Å². The summed E-state index contributed by atoms with van der Waals surface area (Å²) in [4.78, 5) is 20.1. The van der Waals surface area contributed by atoms with Crippen LogP contribution in [0.15, 0.2) is 36.4 Å². The number of likely N-dealkylation sites (tertiary alicyclic amines) is 1. The molecule has 0 bridgehead atoms. The van der Waals surface area contributed by atoms with Crippen LogP contribution >= 0.6 is 0 Å². The Morgan fingerprint density at radius 3 is 2.92 bits per heavy atom. The maximum Gasteiger partial charge on any atom is 0.226 e. The zero-order valence-corrected chi connectivity index (χ0v) is 14.3. The monoisotopic (exact) mass is 323 g/mol. The number of para-hydroxylation sites is 2. The number of aryl methyl sites for hydroxylation is 1. The molecule has 0 radical (unpaired) electrons. The first kappa shape index (κ1) is 15.4. The van der Waals surface area contributed by atoms with Crippen molar-refractivity contribution in [3.8, 4) is 0 Å². The van der Waals surface area contributed by atoms with E-state index in [4.69, 9.17) is 4.98 Å². The number of aromatic nitrogens is 2. The van der Waals surface area contributed by atoms with Crippen LogP contribution in [-0.2, 0) is 11.3 Å². The zero-order valence-electron chi connectivity index (χ0n) is 14.3. The summed E-state index contributed by atoms with van der Waals surface area (Å²) in [5, 5.41) is 0. The summed E-state index contributed by atoms with van der Waals surface area (Å²) in [6.45, 7) is 3.92. The number of carbonyl (C=O) groups excluding carboxylic acids is 1. The zero-order chi connectivity index (χ0) is 16.5. The Balaban J connectivity index is 1.67. The van der Waals surface area contributed by atoms with Crippen molar-refractivity contribution in [2.75, 3.05) is 6.54 Å². The number of hydrogen-bond acceptors (Lipinski definition) is 2. The molecule has 0 N–H and O–H groups in total. The maximum atomic E-state index is 13.1. The average molecular weight is 323 g/mol. The number of nitrogens with zero attached hydrogens (tertiary/aromatic N) is 3. The van der Waals surface area contributed by atoms with Crippen LogP contribution in [0.2, 0.25) is 0 Å². The van der Waals surface area contributed by atoms with E-state index < -0.39 is 0 Å². The lowest BCUT2D eigenvalue weighted by Gasteiger charge is -2.29. The van der Waals surface area contributed by atoms with E-state index >= 15 is 0 Å². The predicted octanol–water partition coefficient (Wildman–Crippen LogP) is 4.08. The van der Waals surface area contributed by atoms with Gasteiger partial charge in [0.15, 0.2) is 0 Å². The molecule has 1 amide bonds. The first-order chi connectivity index (χ1) is 11.8.